The van der Waals surface area contributed by atoms with Crippen LogP contribution in [0.5, 0.6) is 0 Å². The number of nitrogens with one attached hydrogen (secondary N) is 1. The normalized spacial score (nSPS) is 14.5. The maximum absolute atomic E-state index is 13.5. The third-order valence-corrected chi connectivity index (χ3v) is 7.00. The predicted octanol–water partition coefficient (Wildman–Crippen LogP) is 2.68. The van der Waals surface area contributed by atoms with Crippen LogP contribution >= 0.6 is 0 Å². The number of nitrogens with zero attached hydrogens (tertiary/aromatic N) is 4. The first-order chi connectivity index (χ1) is 20.7. The number of ether oxygens (including phenoxy) is 1. The van der Waals surface area contributed by atoms with Crippen molar-refractivity contribution in [1.82, 2.24) is 25.1 Å². The van der Waals surface area contributed by atoms with Crippen molar-refractivity contribution in [1.29, 1.82) is 0 Å². The van der Waals surface area contributed by atoms with Gasteiger partial charge in [-0.05, 0) is 25.0 Å². The molecule has 0 radical (unpaired) electrons. The summed E-state index contributed by atoms with van der Waals surface area (Å²) in [6, 6.07) is 18.5. The number of hydrogen-bond donors (Lipinski definition) is 3. The average Bonchev–Trinajstić information content (AvgIpc) is 3.03. The summed E-state index contributed by atoms with van der Waals surface area (Å²) in [5, 5.41) is 22.8. The van der Waals surface area contributed by atoms with Crippen molar-refractivity contribution in [3.63, 3.8) is 0 Å². The molecular formula is C31H35N5O7. The minimum Gasteiger partial charge on any atom is -0.481 e. The highest BCUT2D eigenvalue weighted by atomic mass is 16.6. The van der Waals surface area contributed by atoms with Gasteiger partial charge in [-0.3, -0.25) is 14.4 Å². The quantitative estimate of drug-likeness (QED) is 0.305. The van der Waals surface area contributed by atoms with Crippen molar-refractivity contribution in [3.8, 4) is 11.4 Å². The highest BCUT2D eigenvalue weighted by Crippen LogP contribution is 2.21. The average molecular weight is 590 g/mol. The lowest BCUT2D eigenvalue weighted by molar-refractivity contribution is -0.138. The molecule has 1 fully saturated rings. The summed E-state index contributed by atoms with van der Waals surface area (Å²) < 4.78 is 5.02. The van der Waals surface area contributed by atoms with E-state index in [9.17, 15) is 29.4 Å². The molecule has 1 aromatic heterocycles. The summed E-state index contributed by atoms with van der Waals surface area (Å²) >= 11 is 0. The molecule has 2 aromatic carbocycles. The van der Waals surface area contributed by atoms with Crippen LogP contribution in [0.25, 0.3) is 11.4 Å². The van der Waals surface area contributed by atoms with Gasteiger partial charge in [0.2, 0.25) is 5.91 Å². The number of carbonyl (C=O) groups excluding carboxylic acids is 3. The molecule has 12 nitrogen and oxygen atoms in total. The molecule has 43 heavy (non-hydrogen) atoms. The molecule has 2 atom stereocenters. The first-order valence-corrected chi connectivity index (χ1v) is 14.1. The van der Waals surface area contributed by atoms with Crippen LogP contribution in [0.2, 0.25) is 0 Å². The summed E-state index contributed by atoms with van der Waals surface area (Å²) in [4.78, 5) is 62.4. The van der Waals surface area contributed by atoms with Crippen LogP contribution in [0.15, 0.2) is 66.7 Å². The molecule has 0 saturated carbocycles. The van der Waals surface area contributed by atoms with E-state index in [0.29, 0.717) is 16.8 Å². The number of amides is 3. The maximum Gasteiger partial charge on any atom is 0.409 e. The fourth-order valence-electron chi connectivity index (χ4n) is 4.73. The molecule has 1 unspecified atom stereocenters. The van der Waals surface area contributed by atoms with Crippen LogP contribution in [-0.4, -0.2) is 92.7 Å². The lowest BCUT2D eigenvalue weighted by atomic mass is 10.0. The van der Waals surface area contributed by atoms with Crippen molar-refractivity contribution >= 4 is 23.9 Å². The maximum atomic E-state index is 13.5. The van der Waals surface area contributed by atoms with Crippen LogP contribution < -0.4 is 5.32 Å². The summed E-state index contributed by atoms with van der Waals surface area (Å²) in [7, 11) is 0. The van der Waals surface area contributed by atoms with Gasteiger partial charge in [-0.2, -0.15) is 0 Å². The number of aromatic nitrogens is 2. The van der Waals surface area contributed by atoms with Gasteiger partial charge >= 0.3 is 12.1 Å². The molecule has 226 valence electrons. The van der Waals surface area contributed by atoms with Crippen LogP contribution in [-0.2, 0) is 20.7 Å². The zero-order valence-corrected chi connectivity index (χ0v) is 23.9. The van der Waals surface area contributed by atoms with Gasteiger partial charge in [0.25, 0.3) is 5.91 Å². The lowest BCUT2D eigenvalue weighted by Crippen LogP contribution is -2.56. The van der Waals surface area contributed by atoms with Crippen molar-refractivity contribution in [2.24, 2.45) is 0 Å². The first-order valence-electron chi connectivity index (χ1n) is 14.1. The minimum atomic E-state index is -1.13. The topological polar surface area (TPSA) is 162 Å². The Labute approximate surface area is 249 Å². The second kappa shape index (κ2) is 14.9. The molecule has 2 heterocycles. The smallest absolute Gasteiger partial charge is 0.409 e. The first kappa shape index (κ1) is 31.1. The molecule has 3 aromatic rings. The molecule has 0 bridgehead atoms. The van der Waals surface area contributed by atoms with Gasteiger partial charge in [0.1, 0.15) is 11.7 Å². The Kier molecular flexibility index (Phi) is 10.8. The van der Waals surface area contributed by atoms with E-state index in [2.05, 4.69) is 15.3 Å². The monoisotopic (exact) mass is 589 g/mol. The van der Waals surface area contributed by atoms with Crippen LogP contribution in [0.1, 0.15) is 47.6 Å². The predicted molar refractivity (Wildman–Crippen MR) is 156 cm³/mol. The van der Waals surface area contributed by atoms with E-state index in [0.717, 1.165) is 0 Å². The molecule has 1 saturated heterocycles. The van der Waals surface area contributed by atoms with Gasteiger partial charge in [0.05, 0.1) is 12.7 Å². The third-order valence-electron chi connectivity index (χ3n) is 7.00. The minimum absolute atomic E-state index is 0.0237. The van der Waals surface area contributed by atoms with Crippen molar-refractivity contribution < 1.29 is 34.1 Å². The number of hydrogen-bond acceptors (Lipinski definition) is 8. The van der Waals surface area contributed by atoms with Crippen LogP contribution in [0.3, 0.4) is 0 Å². The fourth-order valence-corrected chi connectivity index (χ4v) is 4.73. The van der Waals surface area contributed by atoms with E-state index in [4.69, 9.17) is 4.74 Å². The number of benzene rings is 2. The second-order valence-electron chi connectivity index (χ2n) is 10.0. The Balaban J connectivity index is 1.55. The molecule has 0 spiro atoms. The van der Waals surface area contributed by atoms with E-state index >= 15 is 0 Å². The molecule has 3 N–H and O–H groups in total. The SMILES string of the molecule is CCOC(=O)N1CCN(C(=O)[C@H](CCC(=O)O)NC(=O)c2cc(CC(O)c3ccccc3)nc(-c3ccccc3)n2)CC1. The van der Waals surface area contributed by atoms with Crippen molar-refractivity contribution in [3.05, 3.63) is 83.7 Å². The van der Waals surface area contributed by atoms with E-state index in [1.165, 1.54) is 15.9 Å². The number of carboxylic acids is 1. The van der Waals surface area contributed by atoms with Gasteiger partial charge in [0.15, 0.2) is 5.82 Å². The number of carbonyl (C=O) groups is 4. The zero-order chi connectivity index (χ0) is 30.8. The van der Waals surface area contributed by atoms with E-state index in [-0.39, 0.29) is 63.6 Å². The summed E-state index contributed by atoms with van der Waals surface area (Å²) in [6.45, 7) is 2.88. The van der Waals surface area contributed by atoms with Crippen LogP contribution in [0, 0.1) is 0 Å². The Morgan fingerprint density at radius 1 is 0.930 bits per heavy atom. The molecule has 0 aliphatic carbocycles. The number of carboxylic acid groups (broad SMARTS) is 1. The van der Waals surface area contributed by atoms with E-state index in [1.54, 1.807) is 31.2 Å². The summed E-state index contributed by atoms with van der Waals surface area (Å²) in [5.74, 6) is -1.96. The molecule has 4 rings (SSSR count). The second-order valence-corrected chi connectivity index (χ2v) is 10.0. The number of rotatable bonds is 11. The molecular weight excluding hydrogens is 554 g/mol. The Morgan fingerprint density at radius 3 is 2.19 bits per heavy atom. The van der Waals surface area contributed by atoms with E-state index in [1.807, 2.05) is 36.4 Å². The Bertz CT molecular complexity index is 1410. The number of aliphatic hydroxyl groups is 1. The largest absolute Gasteiger partial charge is 0.481 e. The fraction of sp³-hybridized carbons (Fsp3) is 0.355. The molecule has 12 heteroatoms. The molecule has 3 amide bonds. The van der Waals surface area contributed by atoms with Gasteiger partial charge in [-0.1, -0.05) is 60.7 Å². The summed E-state index contributed by atoms with van der Waals surface area (Å²) in [6.07, 6.45) is -1.70. The van der Waals surface area contributed by atoms with Gasteiger partial charge in [-0.15, -0.1) is 0 Å². The Morgan fingerprint density at radius 2 is 1.56 bits per heavy atom. The van der Waals surface area contributed by atoms with Gasteiger partial charge in [0, 0.05) is 50.3 Å². The van der Waals surface area contributed by atoms with Gasteiger partial charge in [-0.25, -0.2) is 14.8 Å². The molecule has 1 aliphatic rings. The van der Waals surface area contributed by atoms with Crippen LogP contribution in [0.4, 0.5) is 4.79 Å². The highest BCUT2D eigenvalue weighted by molar-refractivity contribution is 5.96. The van der Waals surface area contributed by atoms with Crippen molar-refractivity contribution in [2.75, 3.05) is 32.8 Å². The Hall–Kier alpha value is -4.84. The molecule has 1 aliphatic heterocycles. The highest BCUT2D eigenvalue weighted by Gasteiger charge is 2.31. The third kappa shape index (κ3) is 8.58. The number of aliphatic carboxylic acids is 1. The lowest BCUT2D eigenvalue weighted by Gasteiger charge is -2.35. The summed E-state index contributed by atoms with van der Waals surface area (Å²) in [5.41, 5.74) is 1.74. The number of aliphatic hydroxyl groups excluding tert-OH is 1. The number of piperazine rings is 1. The zero-order valence-electron chi connectivity index (χ0n) is 23.9. The van der Waals surface area contributed by atoms with Crippen molar-refractivity contribution in [2.45, 2.75) is 38.3 Å². The standard InChI is InChI=1S/C31H35N5O7/c1-2-43-31(42)36-17-15-35(16-18-36)30(41)24(13-14-27(38)39)34-29(40)25-19-23(20-26(37)21-9-5-3-6-10-21)32-28(33-25)22-11-7-4-8-12-22/h3-12,19,24,26,37H,2,13-18,20H2,1H3,(H,34,40)(H,38,39)/t24-,26?/m0/s1. The van der Waals surface area contributed by atoms with E-state index < -0.39 is 36.0 Å². The van der Waals surface area contributed by atoms with Gasteiger partial charge < -0.3 is 30.1 Å².